The van der Waals surface area contributed by atoms with Crippen molar-refractivity contribution in [2.45, 2.75) is 17.9 Å². The second-order valence-corrected chi connectivity index (χ2v) is 6.87. The van der Waals surface area contributed by atoms with Crippen LogP contribution in [0.15, 0.2) is 50.4 Å². The standard InChI is InChI=1S/C13H12BrNO5S/c1-8(12-3-2-6-20-12)15-21(18,19)9-4-5-11(14)10(7-9)13(16)17/h2-8,15H,1H3,(H,16,17). The van der Waals surface area contributed by atoms with Crippen molar-refractivity contribution < 1.29 is 22.7 Å². The van der Waals surface area contributed by atoms with Crippen LogP contribution in [0.25, 0.3) is 0 Å². The summed E-state index contributed by atoms with van der Waals surface area (Å²) in [5, 5.41) is 9.03. The summed E-state index contributed by atoms with van der Waals surface area (Å²) >= 11 is 3.07. The summed E-state index contributed by atoms with van der Waals surface area (Å²) in [6.07, 6.45) is 1.45. The molecule has 2 rings (SSSR count). The molecular weight excluding hydrogens is 362 g/mol. The highest BCUT2D eigenvalue weighted by Crippen LogP contribution is 2.23. The first-order valence-corrected chi connectivity index (χ1v) is 8.17. The molecule has 8 heteroatoms. The second-order valence-electron chi connectivity index (χ2n) is 4.31. The maximum atomic E-state index is 12.3. The van der Waals surface area contributed by atoms with E-state index in [1.807, 2.05) is 0 Å². The predicted molar refractivity (Wildman–Crippen MR) is 78.5 cm³/mol. The van der Waals surface area contributed by atoms with E-state index in [0.29, 0.717) is 10.2 Å². The molecule has 1 unspecified atom stereocenters. The van der Waals surface area contributed by atoms with E-state index >= 15 is 0 Å². The number of carbonyl (C=O) groups is 1. The van der Waals surface area contributed by atoms with Gasteiger partial charge >= 0.3 is 5.97 Å². The number of aromatic carboxylic acids is 1. The van der Waals surface area contributed by atoms with Crippen LogP contribution >= 0.6 is 15.9 Å². The lowest BCUT2D eigenvalue weighted by molar-refractivity contribution is 0.0695. The summed E-state index contributed by atoms with van der Waals surface area (Å²) in [5.41, 5.74) is -0.122. The summed E-state index contributed by atoms with van der Waals surface area (Å²) in [4.78, 5) is 10.9. The van der Waals surface area contributed by atoms with Gasteiger partial charge in [0.25, 0.3) is 0 Å². The lowest BCUT2D eigenvalue weighted by Gasteiger charge is -2.12. The maximum absolute atomic E-state index is 12.3. The Balaban J connectivity index is 2.32. The maximum Gasteiger partial charge on any atom is 0.336 e. The molecule has 0 radical (unpaired) electrons. The van der Waals surface area contributed by atoms with E-state index in [1.165, 1.54) is 18.4 Å². The van der Waals surface area contributed by atoms with Crippen LogP contribution in [-0.4, -0.2) is 19.5 Å². The van der Waals surface area contributed by atoms with Crippen LogP contribution in [0.1, 0.15) is 29.1 Å². The lowest BCUT2D eigenvalue weighted by Crippen LogP contribution is -2.26. The number of nitrogens with one attached hydrogen (secondary N) is 1. The van der Waals surface area contributed by atoms with E-state index in [1.54, 1.807) is 19.1 Å². The minimum absolute atomic E-state index is 0.122. The van der Waals surface area contributed by atoms with Crippen molar-refractivity contribution in [3.8, 4) is 0 Å². The van der Waals surface area contributed by atoms with Gasteiger partial charge in [0.1, 0.15) is 5.76 Å². The SMILES string of the molecule is CC(NS(=O)(=O)c1ccc(Br)c(C(=O)O)c1)c1ccco1. The first-order valence-electron chi connectivity index (χ1n) is 5.90. The molecule has 0 fully saturated rings. The van der Waals surface area contributed by atoms with Crippen molar-refractivity contribution in [2.24, 2.45) is 0 Å². The molecule has 0 aliphatic rings. The average molecular weight is 374 g/mol. The molecule has 1 heterocycles. The van der Waals surface area contributed by atoms with Gasteiger partial charge in [-0.1, -0.05) is 0 Å². The quantitative estimate of drug-likeness (QED) is 0.839. The summed E-state index contributed by atoms with van der Waals surface area (Å²) in [7, 11) is -3.85. The third kappa shape index (κ3) is 3.52. The third-order valence-corrected chi connectivity index (χ3v) is 5.01. The number of sulfonamides is 1. The van der Waals surface area contributed by atoms with Crippen molar-refractivity contribution in [1.29, 1.82) is 0 Å². The van der Waals surface area contributed by atoms with Gasteiger partial charge in [0.05, 0.1) is 22.8 Å². The zero-order chi connectivity index (χ0) is 15.6. The van der Waals surface area contributed by atoms with Gasteiger partial charge in [0.15, 0.2) is 0 Å². The summed E-state index contributed by atoms with van der Waals surface area (Å²) in [6.45, 7) is 1.63. The molecule has 0 saturated carbocycles. The van der Waals surface area contributed by atoms with E-state index < -0.39 is 22.0 Å². The van der Waals surface area contributed by atoms with Crippen molar-refractivity contribution in [3.05, 3.63) is 52.4 Å². The van der Waals surface area contributed by atoms with Crippen molar-refractivity contribution in [3.63, 3.8) is 0 Å². The fourth-order valence-electron chi connectivity index (χ4n) is 1.73. The zero-order valence-electron chi connectivity index (χ0n) is 10.9. The Morgan fingerprint density at radius 3 is 2.67 bits per heavy atom. The average Bonchev–Trinajstić information content (AvgIpc) is 2.92. The van der Waals surface area contributed by atoms with Crippen LogP contribution < -0.4 is 4.72 Å². The van der Waals surface area contributed by atoms with Crippen LogP contribution in [-0.2, 0) is 10.0 Å². The van der Waals surface area contributed by atoms with Gasteiger partial charge in [-0.25, -0.2) is 17.9 Å². The number of rotatable bonds is 5. The van der Waals surface area contributed by atoms with Crippen LogP contribution in [0.5, 0.6) is 0 Å². The Hall–Kier alpha value is -1.64. The Kier molecular flexibility index (Phi) is 4.50. The van der Waals surface area contributed by atoms with Gasteiger partial charge in [-0.15, -0.1) is 0 Å². The normalized spacial score (nSPS) is 13.0. The first-order chi connectivity index (χ1) is 9.81. The van der Waals surface area contributed by atoms with Crippen molar-refractivity contribution in [1.82, 2.24) is 4.72 Å². The Bertz CT molecular complexity index is 755. The number of benzene rings is 1. The smallest absolute Gasteiger partial charge is 0.336 e. The van der Waals surface area contributed by atoms with E-state index in [0.717, 1.165) is 6.07 Å². The summed E-state index contributed by atoms with van der Waals surface area (Å²) < 4.78 is 32.4. The van der Waals surface area contributed by atoms with E-state index in [2.05, 4.69) is 20.7 Å². The van der Waals surface area contributed by atoms with E-state index in [4.69, 9.17) is 9.52 Å². The van der Waals surface area contributed by atoms with E-state index in [9.17, 15) is 13.2 Å². The van der Waals surface area contributed by atoms with Crippen LogP contribution in [0.4, 0.5) is 0 Å². The molecule has 2 N–H and O–H groups in total. The monoisotopic (exact) mass is 373 g/mol. The fraction of sp³-hybridized carbons (Fsp3) is 0.154. The minimum Gasteiger partial charge on any atom is -0.478 e. The molecule has 0 aliphatic carbocycles. The Morgan fingerprint density at radius 2 is 2.10 bits per heavy atom. The predicted octanol–water partition coefficient (Wildman–Crippen LogP) is 2.78. The second kappa shape index (κ2) is 6.00. The Labute approximate surface area is 130 Å². The summed E-state index contributed by atoms with van der Waals surface area (Å²) in [5.74, 6) is -0.743. The highest BCUT2D eigenvalue weighted by Gasteiger charge is 2.22. The first kappa shape index (κ1) is 15.7. The van der Waals surface area contributed by atoms with Crippen molar-refractivity contribution in [2.75, 3.05) is 0 Å². The number of hydrogen-bond acceptors (Lipinski definition) is 4. The van der Waals surface area contributed by atoms with Gasteiger partial charge in [-0.05, 0) is 53.2 Å². The molecule has 0 aliphatic heterocycles. The highest BCUT2D eigenvalue weighted by atomic mass is 79.9. The number of carboxylic acids is 1. The molecule has 2 aromatic rings. The molecule has 0 bridgehead atoms. The topological polar surface area (TPSA) is 96.6 Å². The highest BCUT2D eigenvalue weighted by molar-refractivity contribution is 9.10. The molecule has 0 amide bonds. The number of halogens is 1. The molecule has 21 heavy (non-hydrogen) atoms. The number of carboxylic acid groups (broad SMARTS) is 1. The fourth-order valence-corrected chi connectivity index (χ4v) is 3.39. The van der Waals surface area contributed by atoms with Crippen LogP contribution in [0.3, 0.4) is 0 Å². The minimum atomic E-state index is -3.85. The molecule has 1 aromatic heterocycles. The molecule has 0 spiro atoms. The van der Waals surface area contributed by atoms with Gasteiger partial charge < -0.3 is 9.52 Å². The number of hydrogen-bond donors (Lipinski definition) is 2. The largest absolute Gasteiger partial charge is 0.478 e. The molecule has 0 saturated heterocycles. The molecule has 1 aromatic carbocycles. The van der Waals surface area contributed by atoms with E-state index in [-0.39, 0.29) is 10.5 Å². The molecule has 6 nitrogen and oxygen atoms in total. The van der Waals surface area contributed by atoms with Crippen molar-refractivity contribution >= 4 is 31.9 Å². The third-order valence-electron chi connectivity index (χ3n) is 2.78. The number of furan rings is 1. The van der Waals surface area contributed by atoms with Crippen LogP contribution in [0, 0.1) is 0 Å². The van der Waals surface area contributed by atoms with Gasteiger partial charge in [-0.2, -0.15) is 0 Å². The lowest BCUT2D eigenvalue weighted by atomic mass is 10.2. The summed E-state index contributed by atoms with van der Waals surface area (Å²) in [6, 6.07) is 6.55. The molecule has 1 atom stereocenters. The molecule has 112 valence electrons. The van der Waals surface area contributed by atoms with Gasteiger partial charge in [0, 0.05) is 4.47 Å². The van der Waals surface area contributed by atoms with Crippen LogP contribution in [0.2, 0.25) is 0 Å². The molecular formula is C13H12BrNO5S. The zero-order valence-corrected chi connectivity index (χ0v) is 13.3. The van der Waals surface area contributed by atoms with Gasteiger partial charge in [-0.3, -0.25) is 0 Å². The van der Waals surface area contributed by atoms with Gasteiger partial charge in [0.2, 0.25) is 10.0 Å². The Morgan fingerprint density at radius 1 is 1.38 bits per heavy atom.